The molecule has 1 saturated heterocycles. The number of anilines is 1. The zero-order valence-electron chi connectivity index (χ0n) is 14.1. The van der Waals surface area contributed by atoms with E-state index in [-0.39, 0.29) is 10.8 Å². The van der Waals surface area contributed by atoms with E-state index in [2.05, 4.69) is 17.0 Å². The van der Waals surface area contributed by atoms with Crippen LogP contribution >= 0.6 is 0 Å². The van der Waals surface area contributed by atoms with Crippen molar-refractivity contribution in [2.24, 2.45) is 0 Å². The lowest BCUT2D eigenvalue weighted by Crippen LogP contribution is -2.27. The lowest BCUT2D eigenvalue weighted by Gasteiger charge is -2.11. The number of hydrogen-bond donors (Lipinski definition) is 2. The Morgan fingerprint density at radius 1 is 1.21 bits per heavy atom. The molecule has 0 bridgehead atoms. The van der Waals surface area contributed by atoms with Gasteiger partial charge in [-0.1, -0.05) is 26.2 Å². The summed E-state index contributed by atoms with van der Waals surface area (Å²) in [4.78, 5) is 12.2. The quantitative estimate of drug-likeness (QED) is 0.668. The van der Waals surface area contributed by atoms with Crippen LogP contribution in [0.25, 0.3) is 0 Å². The van der Waals surface area contributed by atoms with Gasteiger partial charge in [0.05, 0.1) is 4.90 Å². The number of carbonyl (C=O) groups is 1. The Balaban J connectivity index is 1.86. The number of amides is 1. The maximum Gasteiger partial charge on any atom is 0.253 e. The molecule has 1 heterocycles. The number of hydrogen-bond acceptors (Lipinski definition) is 4. The van der Waals surface area contributed by atoms with Crippen LogP contribution in [-0.4, -0.2) is 33.6 Å². The topological polar surface area (TPSA) is 84.5 Å². The molecule has 1 aliphatic rings. The Morgan fingerprint density at radius 3 is 2.58 bits per heavy atom. The summed E-state index contributed by atoms with van der Waals surface area (Å²) in [5.41, 5.74) is 0.567. The Bertz CT molecular complexity index is 622. The van der Waals surface area contributed by atoms with Crippen LogP contribution in [-0.2, 0) is 19.6 Å². The minimum absolute atomic E-state index is 0.183. The van der Waals surface area contributed by atoms with Crippen LogP contribution in [0.15, 0.2) is 29.2 Å². The van der Waals surface area contributed by atoms with E-state index in [4.69, 9.17) is 4.74 Å². The standard InChI is InChI=1S/C17H26N2O4S/c1-2-3-4-5-12-18-24(21,22)15-10-8-14(9-11-15)19-17(20)16-7-6-13-23-16/h8-11,16,18H,2-7,12-13H2,1H3,(H,19,20)/t16-/m0/s1. The first kappa shape index (κ1) is 18.9. The third-order valence-electron chi connectivity index (χ3n) is 3.98. The molecule has 1 fully saturated rings. The van der Waals surface area contributed by atoms with Gasteiger partial charge in [-0.25, -0.2) is 13.1 Å². The van der Waals surface area contributed by atoms with E-state index in [9.17, 15) is 13.2 Å². The fraction of sp³-hybridized carbons (Fsp3) is 0.588. The number of carbonyl (C=O) groups excluding carboxylic acids is 1. The molecular weight excluding hydrogens is 328 g/mol. The first-order valence-electron chi connectivity index (χ1n) is 8.55. The van der Waals surface area contributed by atoms with Crippen molar-refractivity contribution in [1.29, 1.82) is 0 Å². The number of sulfonamides is 1. The normalized spacial score (nSPS) is 17.8. The molecule has 1 atom stereocenters. The van der Waals surface area contributed by atoms with Gasteiger partial charge in [0.2, 0.25) is 10.0 Å². The average molecular weight is 354 g/mol. The van der Waals surface area contributed by atoms with Crippen molar-refractivity contribution in [3.05, 3.63) is 24.3 Å². The molecule has 7 heteroatoms. The summed E-state index contributed by atoms with van der Waals surface area (Å²) in [5.74, 6) is -0.183. The summed E-state index contributed by atoms with van der Waals surface area (Å²) in [6, 6.07) is 6.19. The lowest BCUT2D eigenvalue weighted by atomic mass is 10.2. The van der Waals surface area contributed by atoms with Crippen molar-refractivity contribution < 1.29 is 17.9 Å². The molecule has 2 N–H and O–H groups in total. The van der Waals surface area contributed by atoms with Crippen molar-refractivity contribution in [2.45, 2.75) is 56.4 Å². The highest BCUT2D eigenvalue weighted by Crippen LogP contribution is 2.17. The molecule has 2 rings (SSSR count). The fourth-order valence-corrected chi connectivity index (χ4v) is 3.64. The predicted octanol–water partition coefficient (Wildman–Crippen LogP) is 2.66. The van der Waals surface area contributed by atoms with E-state index >= 15 is 0 Å². The molecule has 0 aliphatic carbocycles. The van der Waals surface area contributed by atoms with Gasteiger partial charge >= 0.3 is 0 Å². The van der Waals surface area contributed by atoms with Crippen molar-refractivity contribution >= 4 is 21.6 Å². The predicted molar refractivity (Wildman–Crippen MR) is 93.4 cm³/mol. The Hall–Kier alpha value is -1.44. The van der Waals surface area contributed by atoms with Gasteiger partial charge in [-0.05, 0) is 43.5 Å². The molecule has 1 aromatic rings. The zero-order valence-corrected chi connectivity index (χ0v) is 14.9. The molecule has 0 aromatic heterocycles. The van der Waals surface area contributed by atoms with E-state index in [0.29, 0.717) is 18.8 Å². The molecule has 0 unspecified atom stereocenters. The molecule has 0 radical (unpaired) electrons. The molecule has 24 heavy (non-hydrogen) atoms. The van der Waals surface area contributed by atoms with Gasteiger partial charge in [-0.3, -0.25) is 4.79 Å². The van der Waals surface area contributed by atoms with E-state index in [1.165, 1.54) is 12.1 Å². The first-order valence-corrected chi connectivity index (χ1v) is 10.0. The van der Waals surface area contributed by atoms with Gasteiger partial charge in [0, 0.05) is 18.8 Å². The smallest absolute Gasteiger partial charge is 0.253 e. The van der Waals surface area contributed by atoms with Crippen LogP contribution in [0.5, 0.6) is 0 Å². The summed E-state index contributed by atoms with van der Waals surface area (Å²) in [6.07, 6.45) is 5.29. The summed E-state index contributed by atoms with van der Waals surface area (Å²) in [6.45, 7) is 3.17. The largest absolute Gasteiger partial charge is 0.368 e. The summed E-state index contributed by atoms with van der Waals surface area (Å²) >= 11 is 0. The highest BCUT2D eigenvalue weighted by atomic mass is 32.2. The highest BCUT2D eigenvalue weighted by Gasteiger charge is 2.23. The molecule has 6 nitrogen and oxygen atoms in total. The highest BCUT2D eigenvalue weighted by molar-refractivity contribution is 7.89. The van der Waals surface area contributed by atoms with Gasteiger partial charge < -0.3 is 10.1 Å². The number of ether oxygens (including phenoxy) is 1. The van der Waals surface area contributed by atoms with Crippen molar-refractivity contribution in [3.8, 4) is 0 Å². The summed E-state index contributed by atoms with van der Waals surface area (Å²) in [7, 11) is -3.50. The Morgan fingerprint density at radius 2 is 1.96 bits per heavy atom. The number of nitrogens with one attached hydrogen (secondary N) is 2. The number of unbranched alkanes of at least 4 members (excludes halogenated alkanes) is 3. The third-order valence-corrected chi connectivity index (χ3v) is 5.45. The first-order chi connectivity index (χ1) is 11.5. The second-order valence-electron chi connectivity index (χ2n) is 5.97. The summed E-state index contributed by atoms with van der Waals surface area (Å²) in [5, 5.41) is 2.75. The maximum atomic E-state index is 12.2. The molecule has 1 aromatic carbocycles. The van der Waals surface area contributed by atoms with Crippen LogP contribution in [0, 0.1) is 0 Å². The van der Waals surface area contributed by atoms with Crippen molar-refractivity contribution in [2.75, 3.05) is 18.5 Å². The van der Waals surface area contributed by atoms with Gasteiger partial charge in [0.15, 0.2) is 0 Å². The molecule has 1 amide bonds. The van der Waals surface area contributed by atoms with Crippen LogP contribution < -0.4 is 10.0 Å². The van der Waals surface area contributed by atoms with Crippen LogP contribution in [0.1, 0.15) is 45.4 Å². The van der Waals surface area contributed by atoms with Crippen LogP contribution in [0.2, 0.25) is 0 Å². The van der Waals surface area contributed by atoms with E-state index in [1.807, 2.05) is 0 Å². The SMILES string of the molecule is CCCCCCNS(=O)(=O)c1ccc(NC(=O)[C@@H]2CCCO2)cc1. The van der Waals surface area contributed by atoms with E-state index in [0.717, 1.165) is 38.5 Å². The maximum absolute atomic E-state index is 12.2. The molecular formula is C17H26N2O4S. The second-order valence-corrected chi connectivity index (χ2v) is 7.74. The molecule has 0 saturated carbocycles. The lowest BCUT2D eigenvalue weighted by molar-refractivity contribution is -0.124. The van der Waals surface area contributed by atoms with Gasteiger partial charge in [-0.15, -0.1) is 0 Å². The number of rotatable bonds is 9. The van der Waals surface area contributed by atoms with E-state index in [1.54, 1.807) is 12.1 Å². The second kappa shape index (κ2) is 9.15. The van der Waals surface area contributed by atoms with Gasteiger partial charge in [0.25, 0.3) is 5.91 Å². The van der Waals surface area contributed by atoms with Crippen LogP contribution in [0.3, 0.4) is 0 Å². The molecule has 134 valence electrons. The fourth-order valence-electron chi connectivity index (χ4n) is 2.57. The van der Waals surface area contributed by atoms with Gasteiger partial charge in [0.1, 0.15) is 6.10 Å². The van der Waals surface area contributed by atoms with Gasteiger partial charge in [-0.2, -0.15) is 0 Å². The average Bonchev–Trinajstić information content (AvgIpc) is 3.10. The van der Waals surface area contributed by atoms with Crippen molar-refractivity contribution in [1.82, 2.24) is 4.72 Å². The minimum Gasteiger partial charge on any atom is -0.368 e. The van der Waals surface area contributed by atoms with Crippen LogP contribution in [0.4, 0.5) is 5.69 Å². The summed E-state index contributed by atoms with van der Waals surface area (Å²) < 4.78 is 32.3. The zero-order chi connectivity index (χ0) is 17.4. The Kier molecular flexibility index (Phi) is 7.20. The van der Waals surface area contributed by atoms with Crippen molar-refractivity contribution in [3.63, 3.8) is 0 Å². The monoisotopic (exact) mass is 354 g/mol. The minimum atomic E-state index is -3.50. The molecule has 0 spiro atoms. The molecule has 1 aliphatic heterocycles. The third kappa shape index (κ3) is 5.58. The Labute approximate surface area is 144 Å². The van der Waals surface area contributed by atoms with E-state index < -0.39 is 16.1 Å². The number of benzene rings is 1.